The van der Waals surface area contributed by atoms with E-state index in [4.69, 9.17) is 5.73 Å². The average Bonchev–Trinajstić information content (AvgIpc) is 3.29. The van der Waals surface area contributed by atoms with Crippen LogP contribution in [-0.4, -0.2) is 62.9 Å². The monoisotopic (exact) mass is 472 g/mol. The van der Waals surface area contributed by atoms with Crippen molar-refractivity contribution in [2.24, 2.45) is 11.7 Å². The zero-order valence-electron chi connectivity index (χ0n) is 19.4. The number of imidazole rings is 1. The van der Waals surface area contributed by atoms with Crippen LogP contribution < -0.4 is 21.7 Å². The van der Waals surface area contributed by atoms with E-state index in [0.717, 1.165) is 5.56 Å². The summed E-state index contributed by atoms with van der Waals surface area (Å²) in [6, 6.07) is 4.85. The second-order valence-corrected chi connectivity index (χ2v) is 8.45. The number of hydrogen-bond acceptors (Lipinski definition) is 6. The summed E-state index contributed by atoms with van der Waals surface area (Å²) < 4.78 is 0. The first kappa shape index (κ1) is 26.5. The lowest BCUT2D eigenvalue weighted by Crippen LogP contribution is -2.59. The van der Waals surface area contributed by atoms with E-state index in [1.54, 1.807) is 38.1 Å². The van der Waals surface area contributed by atoms with Gasteiger partial charge in [-0.1, -0.05) is 44.2 Å². The second kappa shape index (κ2) is 12.5. The van der Waals surface area contributed by atoms with Crippen molar-refractivity contribution in [2.45, 2.75) is 57.8 Å². The fourth-order valence-corrected chi connectivity index (χ4v) is 3.23. The molecule has 4 atom stereocenters. The molecular formula is C23H32N6O5. The molecule has 11 heteroatoms. The largest absolute Gasteiger partial charge is 0.480 e. The quantitative estimate of drug-likeness (QED) is 0.246. The highest BCUT2D eigenvalue weighted by Crippen LogP contribution is 2.08. The van der Waals surface area contributed by atoms with E-state index in [-0.39, 0.29) is 18.8 Å². The SMILES string of the molecule is CC(N)C(=O)NC(Cc1cnc[nH]1)C(=O)NC(C(=O)NC(Cc1ccccc1)C(=O)O)C(C)C. The normalized spacial score (nSPS) is 14.5. The molecule has 2 rings (SSSR count). The summed E-state index contributed by atoms with van der Waals surface area (Å²) in [4.78, 5) is 56.7. The van der Waals surface area contributed by atoms with Crippen LogP contribution in [0.5, 0.6) is 0 Å². The van der Waals surface area contributed by atoms with Crippen molar-refractivity contribution >= 4 is 23.7 Å². The van der Waals surface area contributed by atoms with Crippen LogP contribution in [0.3, 0.4) is 0 Å². The van der Waals surface area contributed by atoms with E-state index < -0.39 is 47.9 Å². The zero-order chi connectivity index (χ0) is 25.3. The van der Waals surface area contributed by atoms with E-state index in [2.05, 4.69) is 25.9 Å². The molecule has 0 spiro atoms. The van der Waals surface area contributed by atoms with Crippen molar-refractivity contribution in [3.8, 4) is 0 Å². The molecule has 0 fully saturated rings. The number of rotatable bonds is 12. The number of aromatic amines is 1. The van der Waals surface area contributed by atoms with E-state index in [9.17, 15) is 24.3 Å². The molecule has 0 radical (unpaired) electrons. The number of carboxylic acid groups (broad SMARTS) is 1. The number of amides is 3. The molecule has 34 heavy (non-hydrogen) atoms. The topological polar surface area (TPSA) is 179 Å². The van der Waals surface area contributed by atoms with Gasteiger partial charge < -0.3 is 31.8 Å². The smallest absolute Gasteiger partial charge is 0.326 e. The van der Waals surface area contributed by atoms with Crippen molar-refractivity contribution in [2.75, 3.05) is 0 Å². The van der Waals surface area contributed by atoms with Gasteiger partial charge in [0.2, 0.25) is 17.7 Å². The predicted molar refractivity (Wildman–Crippen MR) is 124 cm³/mol. The van der Waals surface area contributed by atoms with Crippen LogP contribution in [-0.2, 0) is 32.0 Å². The first-order chi connectivity index (χ1) is 16.1. The van der Waals surface area contributed by atoms with Gasteiger partial charge in [-0.2, -0.15) is 0 Å². The number of nitrogens with one attached hydrogen (secondary N) is 4. The molecule has 0 saturated heterocycles. The van der Waals surface area contributed by atoms with Crippen LogP contribution in [0.4, 0.5) is 0 Å². The molecule has 0 aliphatic heterocycles. The Morgan fingerprint density at radius 2 is 1.59 bits per heavy atom. The van der Waals surface area contributed by atoms with Crippen LogP contribution in [0.2, 0.25) is 0 Å². The summed E-state index contributed by atoms with van der Waals surface area (Å²) in [7, 11) is 0. The lowest BCUT2D eigenvalue weighted by Gasteiger charge is -2.27. The molecule has 1 aromatic heterocycles. The number of aliphatic carboxylic acids is 1. The van der Waals surface area contributed by atoms with E-state index in [0.29, 0.717) is 5.69 Å². The number of carbonyl (C=O) groups excluding carboxylic acids is 3. The summed E-state index contributed by atoms with van der Waals surface area (Å²) in [5.74, 6) is -3.31. The molecule has 1 heterocycles. The van der Waals surface area contributed by atoms with E-state index >= 15 is 0 Å². The maximum absolute atomic E-state index is 13.1. The molecule has 1 aromatic carbocycles. The van der Waals surface area contributed by atoms with E-state index in [1.165, 1.54) is 19.4 Å². The zero-order valence-corrected chi connectivity index (χ0v) is 19.4. The highest BCUT2D eigenvalue weighted by molar-refractivity contribution is 5.94. The standard InChI is InChI=1S/C23H32N6O5/c1-13(2)19(22(32)28-18(23(33)34)9-15-7-5-4-6-8-15)29-21(31)17(27-20(30)14(3)24)10-16-11-25-12-26-16/h4-8,11-14,17-19H,9-10,24H2,1-3H3,(H,25,26)(H,27,30)(H,28,32)(H,29,31)(H,33,34). The van der Waals surface area contributed by atoms with Gasteiger partial charge in [0.1, 0.15) is 18.1 Å². The van der Waals surface area contributed by atoms with Crippen LogP contribution in [0.25, 0.3) is 0 Å². The number of carbonyl (C=O) groups is 4. The molecule has 7 N–H and O–H groups in total. The molecule has 0 aliphatic rings. The number of nitrogens with two attached hydrogens (primary N) is 1. The fraction of sp³-hybridized carbons (Fsp3) is 0.435. The molecule has 0 bridgehead atoms. The van der Waals surface area contributed by atoms with Gasteiger partial charge in [0.05, 0.1) is 12.4 Å². The third-order valence-electron chi connectivity index (χ3n) is 5.17. The minimum absolute atomic E-state index is 0.0908. The molecule has 0 saturated carbocycles. The number of carboxylic acids is 1. The van der Waals surface area contributed by atoms with Crippen LogP contribution in [0.1, 0.15) is 32.0 Å². The van der Waals surface area contributed by atoms with Crippen LogP contribution in [0, 0.1) is 5.92 Å². The summed E-state index contributed by atoms with van der Waals surface area (Å²) in [6.07, 6.45) is 3.16. The Balaban J connectivity index is 2.14. The summed E-state index contributed by atoms with van der Waals surface area (Å²) >= 11 is 0. The Bertz CT molecular complexity index is 961. The van der Waals surface area contributed by atoms with Crippen LogP contribution >= 0.6 is 0 Å². The Morgan fingerprint density at radius 3 is 2.12 bits per heavy atom. The Morgan fingerprint density at radius 1 is 0.941 bits per heavy atom. The summed E-state index contributed by atoms with van der Waals surface area (Å²) in [5.41, 5.74) is 6.97. The fourth-order valence-electron chi connectivity index (χ4n) is 3.23. The first-order valence-electron chi connectivity index (χ1n) is 11.0. The molecular weight excluding hydrogens is 440 g/mol. The number of H-pyrrole nitrogens is 1. The molecule has 4 unspecified atom stereocenters. The van der Waals surface area contributed by atoms with Crippen molar-refractivity contribution in [1.29, 1.82) is 0 Å². The highest BCUT2D eigenvalue weighted by Gasteiger charge is 2.32. The number of benzene rings is 1. The second-order valence-electron chi connectivity index (χ2n) is 8.45. The van der Waals surface area contributed by atoms with Crippen molar-refractivity contribution in [3.05, 3.63) is 54.1 Å². The molecule has 3 amide bonds. The number of aromatic nitrogens is 2. The Hall–Kier alpha value is -3.73. The lowest BCUT2D eigenvalue weighted by molar-refractivity contribution is -0.142. The molecule has 11 nitrogen and oxygen atoms in total. The summed E-state index contributed by atoms with van der Waals surface area (Å²) in [6.45, 7) is 4.94. The lowest BCUT2D eigenvalue weighted by atomic mass is 10.0. The van der Waals surface area contributed by atoms with Gasteiger partial charge in [-0.15, -0.1) is 0 Å². The number of hydrogen-bond donors (Lipinski definition) is 6. The van der Waals surface area contributed by atoms with Gasteiger partial charge in [0, 0.05) is 24.7 Å². The number of nitrogens with zero attached hydrogens (tertiary/aromatic N) is 1. The minimum Gasteiger partial charge on any atom is -0.480 e. The predicted octanol–water partition coefficient (Wildman–Crippen LogP) is -0.263. The minimum atomic E-state index is -1.19. The molecule has 0 aliphatic carbocycles. The maximum Gasteiger partial charge on any atom is 0.326 e. The van der Waals surface area contributed by atoms with Gasteiger partial charge in [-0.05, 0) is 18.4 Å². The highest BCUT2D eigenvalue weighted by atomic mass is 16.4. The van der Waals surface area contributed by atoms with Gasteiger partial charge in [-0.25, -0.2) is 9.78 Å². The van der Waals surface area contributed by atoms with Crippen LogP contribution in [0.15, 0.2) is 42.9 Å². The van der Waals surface area contributed by atoms with Gasteiger partial charge in [-0.3, -0.25) is 14.4 Å². The van der Waals surface area contributed by atoms with Crippen molar-refractivity contribution in [3.63, 3.8) is 0 Å². The van der Waals surface area contributed by atoms with Gasteiger partial charge >= 0.3 is 5.97 Å². The Kier molecular flexibility index (Phi) is 9.75. The molecule has 2 aromatic rings. The van der Waals surface area contributed by atoms with E-state index in [1.807, 2.05) is 6.07 Å². The van der Waals surface area contributed by atoms with Gasteiger partial charge in [0.15, 0.2) is 0 Å². The third-order valence-corrected chi connectivity index (χ3v) is 5.17. The maximum atomic E-state index is 13.1. The van der Waals surface area contributed by atoms with Gasteiger partial charge in [0.25, 0.3) is 0 Å². The Labute approximate surface area is 197 Å². The first-order valence-corrected chi connectivity index (χ1v) is 11.0. The van der Waals surface area contributed by atoms with Crippen molar-refractivity contribution < 1.29 is 24.3 Å². The third kappa shape index (κ3) is 8.00. The summed E-state index contributed by atoms with van der Waals surface area (Å²) in [5, 5.41) is 17.3. The molecule has 184 valence electrons. The van der Waals surface area contributed by atoms with Crippen molar-refractivity contribution in [1.82, 2.24) is 25.9 Å². The average molecular weight is 473 g/mol.